The molecular formula is C17H17IN2O4. The first-order valence-corrected chi connectivity index (χ1v) is 8.25. The van der Waals surface area contributed by atoms with Gasteiger partial charge in [-0.25, -0.2) is 4.79 Å². The zero-order chi connectivity index (χ0) is 17.5. The van der Waals surface area contributed by atoms with Crippen LogP contribution in [-0.2, 0) is 0 Å². The van der Waals surface area contributed by atoms with Crippen molar-refractivity contribution in [2.45, 2.75) is 6.92 Å². The summed E-state index contributed by atoms with van der Waals surface area (Å²) in [5.41, 5.74) is 4.64. The average molecular weight is 440 g/mol. The molecule has 0 heterocycles. The van der Waals surface area contributed by atoms with Crippen molar-refractivity contribution in [2.24, 2.45) is 5.10 Å². The largest absolute Gasteiger partial charge is 0.493 e. The number of methoxy groups -OCH3 is 1. The molecule has 0 saturated heterocycles. The third kappa shape index (κ3) is 4.60. The van der Waals surface area contributed by atoms with Gasteiger partial charge in [-0.2, -0.15) is 5.10 Å². The number of carboxylic acids is 1. The molecule has 0 saturated carbocycles. The minimum absolute atomic E-state index is 0.232. The van der Waals surface area contributed by atoms with E-state index in [2.05, 4.69) is 33.1 Å². The number of anilines is 1. The maximum atomic E-state index is 10.8. The number of nitrogens with zero attached hydrogens (tertiary/aromatic N) is 1. The van der Waals surface area contributed by atoms with Gasteiger partial charge in [-0.15, -0.1) is 0 Å². The number of rotatable bonds is 7. The van der Waals surface area contributed by atoms with Crippen LogP contribution in [0.4, 0.5) is 5.69 Å². The van der Waals surface area contributed by atoms with E-state index in [-0.39, 0.29) is 5.56 Å². The Balaban J connectivity index is 2.11. The lowest BCUT2D eigenvalue weighted by molar-refractivity contribution is 0.0697. The maximum Gasteiger partial charge on any atom is 0.335 e. The predicted octanol–water partition coefficient (Wildman–Crippen LogP) is 3.84. The third-order valence-corrected chi connectivity index (χ3v) is 3.88. The smallest absolute Gasteiger partial charge is 0.335 e. The van der Waals surface area contributed by atoms with Crippen LogP contribution in [0, 0.1) is 3.57 Å². The molecule has 24 heavy (non-hydrogen) atoms. The first-order chi connectivity index (χ1) is 11.5. The zero-order valence-corrected chi connectivity index (χ0v) is 15.4. The summed E-state index contributed by atoms with van der Waals surface area (Å²) in [7, 11) is 1.59. The van der Waals surface area contributed by atoms with Gasteiger partial charge in [0.1, 0.15) is 0 Å². The Morgan fingerprint density at radius 3 is 2.62 bits per heavy atom. The molecule has 0 aliphatic carbocycles. The van der Waals surface area contributed by atoms with Crippen LogP contribution in [0.15, 0.2) is 41.5 Å². The van der Waals surface area contributed by atoms with E-state index in [1.54, 1.807) is 25.5 Å². The van der Waals surface area contributed by atoms with Crippen LogP contribution in [0.3, 0.4) is 0 Å². The Labute approximate surface area is 153 Å². The first kappa shape index (κ1) is 18.1. The van der Waals surface area contributed by atoms with E-state index >= 15 is 0 Å². The van der Waals surface area contributed by atoms with Gasteiger partial charge in [0, 0.05) is 0 Å². The second-order valence-electron chi connectivity index (χ2n) is 4.72. The van der Waals surface area contributed by atoms with E-state index in [0.29, 0.717) is 18.0 Å². The number of carbonyl (C=O) groups is 1. The molecule has 7 heteroatoms. The summed E-state index contributed by atoms with van der Waals surface area (Å²) in [5.74, 6) is 0.409. The van der Waals surface area contributed by atoms with Crippen molar-refractivity contribution in [1.29, 1.82) is 0 Å². The number of hydrogen-bond donors (Lipinski definition) is 2. The lowest BCUT2D eigenvalue weighted by Crippen LogP contribution is -2.00. The Morgan fingerprint density at radius 2 is 2.04 bits per heavy atom. The van der Waals surface area contributed by atoms with E-state index in [1.165, 1.54) is 12.1 Å². The Kier molecular flexibility index (Phi) is 6.42. The Hall–Kier alpha value is -2.29. The molecule has 0 aromatic heterocycles. The van der Waals surface area contributed by atoms with Crippen LogP contribution in [-0.4, -0.2) is 31.0 Å². The van der Waals surface area contributed by atoms with Crippen molar-refractivity contribution in [3.63, 3.8) is 0 Å². The predicted molar refractivity (Wildman–Crippen MR) is 101 cm³/mol. The number of halogens is 1. The van der Waals surface area contributed by atoms with Gasteiger partial charge in [-0.1, -0.05) is 0 Å². The fourth-order valence-corrected chi connectivity index (χ4v) is 2.75. The molecule has 0 aliphatic heterocycles. The Bertz CT molecular complexity index is 745. The summed E-state index contributed by atoms with van der Waals surface area (Å²) in [6, 6.07) is 10.1. The summed E-state index contributed by atoms with van der Waals surface area (Å²) in [4.78, 5) is 10.8. The molecular weight excluding hydrogens is 423 g/mol. The van der Waals surface area contributed by atoms with Crippen LogP contribution in [0.2, 0.25) is 0 Å². The van der Waals surface area contributed by atoms with Gasteiger partial charge in [-0.05, 0) is 71.5 Å². The number of carboxylic acid groups (broad SMARTS) is 1. The summed E-state index contributed by atoms with van der Waals surface area (Å²) in [5, 5.41) is 13.0. The van der Waals surface area contributed by atoms with Gasteiger partial charge in [-0.3, -0.25) is 5.43 Å². The molecule has 2 aromatic rings. The second-order valence-corrected chi connectivity index (χ2v) is 5.88. The highest BCUT2D eigenvalue weighted by atomic mass is 127. The van der Waals surface area contributed by atoms with E-state index in [1.807, 2.05) is 19.1 Å². The SMILES string of the molecule is CCOc1c(I)cc(/C=N\Nc2ccc(C(=O)O)cc2)cc1OC. The van der Waals surface area contributed by atoms with Crippen LogP contribution < -0.4 is 14.9 Å². The number of hydrogen-bond acceptors (Lipinski definition) is 5. The highest BCUT2D eigenvalue weighted by Crippen LogP contribution is 2.33. The van der Waals surface area contributed by atoms with Crippen LogP contribution in [0.1, 0.15) is 22.8 Å². The highest BCUT2D eigenvalue weighted by Gasteiger charge is 2.10. The molecule has 0 bridgehead atoms. The van der Waals surface area contributed by atoms with Crippen LogP contribution in [0.25, 0.3) is 0 Å². The molecule has 0 amide bonds. The number of nitrogens with one attached hydrogen (secondary N) is 1. The number of ether oxygens (including phenoxy) is 2. The van der Waals surface area contributed by atoms with Crippen LogP contribution in [0.5, 0.6) is 11.5 Å². The van der Waals surface area contributed by atoms with E-state index in [4.69, 9.17) is 14.6 Å². The normalized spacial score (nSPS) is 10.6. The molecule has 0 radical (unpaired) electrons. The van der Waals surface area contributed by atoms with Gasteiger partial charge in [0.15, 0.2) is 11.5 Å². The van der Waals surface area contributed by atoms with Crippen molar-refractivity contribution in [3.05, 3.63) is 51.1 Å². The van der Waals surface area contributed by atoms with E-state index in [0.717, 1.165) is 14.9 Å². The minimum Gasteiger partial charge on any atom is -0.493 e. The molecule has 0 spiro atoms. The van der Waals surface area contributed by atoms with Gasteiger partial charge in [0.25, 0.3) is 0 Å². The maximum absolute atomic E-state index is 10.8. The van der Waals surface area contributed by atoms with Crippen molar-refractivity contribution in [2.75, 3.05) is 19.1 Å². The number of hydrazone groups is 1. The summed E-state index contributed by atoms with van der Waals surface area (Å²) in [6.45, 7) is 2.48. The Morgan fingerprint density at radius 1 is 1.33 bits per heavy atom. The van der Waals surface area contributed by atoms with Crippen LogP contribution >= 0.6 is 22.6 Å². The molecule has 2 aromatic carbocycles. The molecule has 6 nitrogen and oxygen atoms in total. The fraction of sp³-hybridized carbons (Fsp3) is 0.176. The monoisotopic (exact) mass is 440 g/mol. The fourth-order valence-electron chi connectivity index (χ4n) is 1.97. The highest BCUT2D eigenvalue weighted by molar-refractivity contribution is 14.1. The summed E-state index contributed by atoms with van der Waals surface area (Å²) >= 11 is 2.19. The lowest BCUT2D eigenvalue weighted by atomic mass is 10.2. The topological polar surface area (TPSA) is 80.2 Å². The standard InChI is InChI=1S/C17H17IN2O4/c1-3-24-16-14(18)8-11(9-15(16)23-2)10-19-20-13-6-4-12(5-7-13)17(21)22/h4-10,20H,3H2,1-2H3,(H,21,22)/b19-10-. The van der Waals surface area contributed by atoms with Crippen molar-refractivity contribution < 1.29 is 19.4 Å². The molecule has 0 atom stereocenters. The van der Waals surface area contributed by atoms with Gasteiger partial charge in [0.05, 0.1) is 34.8 Å². The second kappa shape index (κ2) is 8.53. The minimum atomic E-state index is -0.957. The quantitative estimate of drug-likeness (QED) is 0.389. The summed E-state index contributed by atoms with van der Waals surface area (Å²) in [6.07, 6.45) is 1.66. The third-order valence-electron chi connectivity index (χ3n) is 3.08. The molecule has 0 unspecified atom stereocenters. The van der Waals surface area contributed by atoms with E-state index < -0.39 is 5.97 Å². The molecule has 0 aliphatic rings. The lowest BCUT2D eigenvalue weighted by Gasteiger charge is -2.12. The molecule has 126 valence electrons. The van der Waals surface area contributed by atoms with Gasteiger partial charge in [0.2, 0.25) is 0 Å². The van der Waals surface area contributed by atoms with Gasteiger partial charge < -0.3 is 14.6 Å². The molecule has 2 rings (SSSR count). The van der Waals surface area contributed by atoms with Crippen molar-refractivity contribution in [3.8, 4) is 11.5 Å². The average Bonchev–Trinajstić information content (AvgIpc) is 2.57. The van der Waals surface area contributed by atoms with E-state index in [9.17, 15) is 4.79 Å². The summed E-state index contributed by atoms with van der Waals surface area (Å²) < 4.78 is 11.9. The van der Waals surface area contributed by atoms with Crippen molar-refractivity contribution in [1.82, 2.24) is 0 Å². The van der Waals surface area contributed by atoms with Crippen molar-refractivity contribution >= 4 is 40.5 Å². The van der Waals surface area contributed by atoms with Gasteiger partial charge >= 0.3 is 5.97 Å². The number of benzene rings is 2. The molecule has 2 N–H and O–H groups in total. The molecule has 0 fully saturated rings. The zero-order valence-electron chi connectivity index (χ0n) is 13.2. The first-order valence-electron chi connectivity index (χ1n) is 7.18. The number of aromatic carboxylic acids is 1.